The van der Waals surface area contributed by atoms with Gasteiger partial charge in [-0.2, -0.15) is 0 Å². The second-order valence-electron chi connectivity index (χ2n) is 2.36. The van der Waals surface area contributed by atoms with Crippen LogP contribution < -0.4 is 0 Å². The molecular formula is C8H24OSi. The molecule has 0 rings (SSSR count). The molecule has 0 aliphatic heterocycles. The van der Waals surface area contributed by atoms with Gasteiger partial charge in [0, 0.05) is 7.11 Å². The molecule has 0 fully saturated rings. The molecule has 66 valence electrons. The first-order valence-electron chi connectivity index (χ1n) is 3.23. The first-order valence-corrected chi connectivity index (χ1v) is 6.06. The Hall–Kier alpha value is 0.177. The normalized spacial score (nSPS) is 9.60. The van der Waals surface area contributed by atoms with E-state index in [9.17, 15) is 0 Å². The lowest BCUT2D eigenvalue weighted by Gasteiger charge is -2.20. The molecule has 0 amide bonds. The fraction of sp³-hybridized carbons (Fsp3) is 1.00. The summed E-state index contributed by atoms with van der Waals surface area (Å²) in [5, 5.41) is 0. The van der Waals surface area contributed by atoms with Gasteiger partial charge in [-0.25, -0.2) is 0 Å². The largest absolute Gasteiger partial charge is 0.420 e. The fourth-order valence-corrected chi connectivity index (χ4v) is 1.62. The van der Waals surface area contributed by atoms with Gasteiger partial charge in [0.2, 0.25) is 0 Å². The van der Waals surface area contributed by atoms with E-state index in [1.165, 1.54) is 12.1 Å². The van der Waals surface area contributed by atoms with Crippen LogP contribution in [0.3, 0.4) is 0 Å². The van der Waals surface area contributed by atoms with Crippen molar-refractivity contribution in [2.24, 2.45) is 0 Å². The maximum absolute atomic E-state index is 5.38. The van der Waals surface area contributed by atoms with E-state index in [4.69, 9.17) is 4.43 Å². The van der Waals surface area contributed by atoms with Crippen LogP contribution in [0.1, 0.15) is 28.7 Å². The predicted octanol–water partition coefficient (Wildman–Crippen LogP) is 3.52. The third-order valence-electron chi connectivity index (χ3n) is 1.99. The van der Waals surface area contributed by atoms with Gasteiger partial charge in [-0.05, 0) is 18.6 Å². The molecule has 0 spiro atoms. The lowest BCUT2D eigenvalue weighted by Crippen LogP contribution is -2.30. The van der Waals surface area contributed by atoms with Crippen LogP contribution in [-0.2, 0) is 4.43 Å². The SMILES string of the molecule is C.C.CC[Si](C)(CC)OC. The van der Waals surface area contributed by atoms with Crippen LogP contribution in [-0.4, -0.2) is 15.4 Å². The molecule has 0 bridgehead atoms. The van der Waals surface area contributed by atoms with Crippen LogP contribution >= 0.6 is 0 Å². The molecule has 0 radical (unpaired) electrons. The fourth-order valence-electron chi connectivity index (χ4n) is 0.539. The molecule has 0 heterocycles. The molecule has 0 aliphatic carbocycles. The van der Waals surface area contributed by atoms with Crippen LogP contribution in [0.2, 0.25) is 18.6 Å². The van der Waals surface area contributed by atoms with Crippen molar-refractivity contribution < 1.29 is 4.43 Å². The molecular weight excluding hydrogens is 140 g/mol. The molecule has 0 N–H and O–H groups in total. The summed E-state index contributed by atoms with van der Waals surface area (Å²) in [5.74, 6) is 0. The van der Waals surface area contributed by atoms with E-state index < -0.39 is 8.32 Å². The molecule has 0 saturated heterocycles. The number of hydrogen-bond donors (Lipinski definition) is 0. The summed E-state index contributed by atoms with van der Waals surface area (Å²) >= 11 is 0. The Morgan fingerprint density at radius 2 is 1.40 bits per heavy atom. The second-order valence-corrected chi connectivity index (χ2v) is 7.08. The van der Waals surface area contributed by atoms with Crippen molar-refractivity contribution in [2.45, 2.75) is 47.3 Å². The van der Waals surface area contributed by atoms with E-state index in [0.717, 1.165) is 0 Å². The third-order valence-corrected chi connectivity index (χ3v) is 5.97. The summed E-state index contributed by atoms with van der Waals surface area (Å²) in [6, 6.07) is 2.47. The summed E-state index contributed by atoms with van der Waals surface area (Å²) < 4.78 is 5.38. The quantitative estimate of drug-likeness (QED) is 0.580. The Balaban J connectivity index is -0.000000245. The minimum Gasteiger partial charge on any atom is -0.420 e. The zero-order chi connectivity index (χ0) is 6.62. The molecule has 0 aliphatic rings. The van der Waals surface area contributed by atoms with Gasteiger partial charge in [-0.1, -0.05) is 28.7 Å². The van der Waals surface area contributed by atoms with E-state index in [0.29, 0.717) is 0 Å². The van der Waals surface area contributed by atoms with Crippen molar-refractivity contribution >= 4 is 8.32 Å². The van der Waals surface area contributed by atoms with Gasteiger partial charge >= 0.3 is 0 Å². The highest BCUT2D eigenvalue weighted by molar-refractivity contribution is 6.72. The molecule has 0 aromatic carbocycles. The molecule has 10 heavy (non-hydrogen) atoms. The minimum absolute atomic E-state index is 0. The minimum atomic E-state index is -1.17. The Morgan fingerprint density at radius 1 is 1.10 bits per heavy atom. The van der Waals surface area contributed by atoms with Crippen LogP contribution in [0.5, 0.6) is 0 Å². The number of rotatable bonds is 3. The van der Waals surface area contributed by atoms with E-state index in [2.05, 4.69) is 20.4 Å². The highest BCUT2D eigenvalue weighted by Gasteiger charge is 2.21. The molecule has 0 atom stereocenters. The van der Waals surface area contributed by atoms with Gasteiger partial charge in [-0.3, -0.25) is 0 Å². The molecule has 0 saturated carbocycles. The summed E-state index contributed by atoms with van der Waals surface area (Å²) in [6.45, 7) is 6.69. The average Bonchev–Trinajstić information content (AvgIpc) is 1.87. The molecule has 2 heteroatoms. The monoisotopic (exact) mass is 164 g/mol. The van der Waals surface area contributed by atoms with Crippen molar-refractivity contribution in [1.29, 1.82) is 0 Å². The van der Waals surface area contributed by atoms with Crippen molar-refractivity contribution in [2.75, 3.05) is 7.11 Å². The molecule has 0 unspecified atom stereocenters. The highest BCUT2D eigenvalue weighted by Crippen LogP contribution is 2.13. The van der Waals surface area contributed by atoms with E-state index >= 15 is 0 Å². The van der Waals surface area contributed by atoms with Crippen molar-refractivity contribution in [1.82, 2.24) is 0 Å². The Bertz CT molecular complexity index is 52.0. The van der Waals surface area contributed by atoms with Gasteiger partial charge in [0.05, 0.1) is 0 Å². The second kappa shape index (κ2) is 7.29. The third kappa shape index (κ3) is 5.00. The lowest BCUT2D eigenvalue weighted by atomic mass is 10.9. The summed E-state index contributed by atoms with van der Waals surface area (Å²) in [6.07, 6.45) is 0. The topological polar surface area (TPSA) is 9.23 Å². The number of hydrogen-bond acceptors (Lipinski definition) is 1. The maximum Gasteiger partial charge on any atom is 0.188 e. The molecule has 0 aromatic heterocycles. The van der Waals surface area contributed by atoms with E-state index in [1.54, 1.807) is 0 Å². The zero-order valence-electron chi connectivity index (χ0n) is 6.32. The van der Waals surface area contributed by atoms with Gasteiger partial charge in [0.15, 0.2) is 8.32 Å². The van der Waals surface area contributed by atoms with Crippen molar-refractivity contribution in [3.63, 3.8) is 0 Å². The summed E-state index contributed by atoms with van der Waals surface area (Å²) in [7, 11) is 0.661. The maximum atomic E-state index is 5.38. The van der Waals surface area contributed by atoms with Crippen LogP contribution in [0.15, 0.2) is 0 Å². The molecule has 0 aromatic rings. The predicted molar refractivity (Wildman–Crippen MR) is 53.1 cm³/mol. The molecule has 1 nitrogen and oxygen atoms in total. The van der Waals surface area contributed by atoms with Crippen molar-refractivity contribution in [3.8, 4) is 0 Å². The first-order chi connectivity index (χ1) is 3.68. The van der Waals surface area contributed by atoms with E-state index in [1.807, 2.05) is 7.11 Å². The first kappa shape index (κ1) is 16.6. The van der Waals surface area contributed by atoms with Gasteiger partial charge in [0.1, 0.15) is 0 Å². The highest BCUT2D eigenvalue weighted by atomic mass is 28.4. The summed E-state index contributed by atoms with van der Waals surface area (Å²) in [4.78, 5) is 0. The van der Waals surface area contributed by atoms with Gasteiger partial charge < -0.3 is 4.43 Å². The van der Waals surface area contributed by atoms with Crippen LogP contribution in [0.25, 0.3) is 0 Å². The Labute approximate surface area is 67.9 Å². The van der Waals surface area contributed by atoms with Gasteiger partial charge in [0.25, 0.3) is 0 Å². The Morgan fingerprint density at radius 3 is 1.40 bits per heavy atom. The summed E-state index contributed by atoms with van der Waals surface area (Å²) in [5.41, 5.74) is 0. The van der Waals surface area contributed by atoms with Crippen LogP contribution in [0, 0.1) is 0 Å². The average molecular weight is 164 g/mol. The standard InChI is InChI=1S/C6H16OSi.2CH4/c1-5-8(4,6-2)7-3;;/h5-6H2,1-4H3;2*1H4. The van der Waals surface area contributed by atoms with E-state index in [-0.39, 0.29) is 14.9 Å². The van der Waals surface area contributed by atoms with Crippen molar-refractivity contribution in [3.05, 3.63) is 0 Å². The smallest absolute Gasteiger partial charge is 0.188 e. The lowest BCUT2D eigenvalue weighted by molar-refractivity contribution is 0.399. The Kier molecular flexibility index (Phi) is 12.1. The zero-order valence-corrected chi connectivity index (χ0v) is 7.32. The van der Waals surface area contributed by atoms with Crippen LogP contribution in [0.4, 0.5) is 0 Å². The van der Waals surface area contributed by atoms with Gasteiger partial charge in [-0.15, -0.1) is 0 Å².